The molecule has 5 heteroatoms. The summed E-state index contributed by atoms with van der Waals surface area (Å²) < 4.78 is 14.0. The van der Waals surface area contributed by atoms with Gasteiger partial charge in [-0.05, 0) is 18.1 Å². The highest BCUT2D eigenvalue weighted by atomic mass is 32.1. The molecule has 0 amide bonds. The van der Waals surface area contributed by atoms with Crippen molar-refractivity contribution in [3.8, 4) is 5.75 Å². The lowest BCUT2D eigenvalue weighted by Crippen LogP contribution is -2.28. The first-order chi connectivity index (χ1) is 11.5. The third kappa shape index (κ3) is 3.05. The van der Waals surface area contributed by atoms with Gasteiger partial charge in [0.2, 0.25) is 0 Å². The number of benzene rings is 2. The largest absolute Gasteiger partial charge is 0.508 e. The molecule has 0 spiro atoms. The van der Waals surface area contributed by atoms with Crippen LogP contribution in [0.15, 0.2) is 54.0 Å². The smallest absolute Gasteiger partial charge is 0.141 e. The topological polar surface area (TPSA) is 53.4 Å². The van der Waals surface area contributed by atoms with Crippen LogP contribution in [0.2, 0.25) is 0 Å². The van der Waals surface area contributed by atoms with Gasteiger partial charge >= 0.3 is 0 Å². The molecule has 24 heavy (non-hydrogen) atoms. The third-order valence-electron chi connectivity index (χ3n) is 4.16. The molecular weight excluding hydrogens is 325 g/mol. The molecule has 0 aliphatic rings. The van der Waals surface area contributed by atoms with Gasteiger partial charge in [-0.25, -0.2) is 9.37 Å². The first kappa shape index (κ1) is 16.6. The average Bonchev–Trinajstić information content (AvgIpc) is 3.12. The predicted octanol–water partition coefficient (Wildman–Crippen LogP) is 4.22. The molecule has 1 aromatic heterocycles. The fourth-order valence-electron chi connectivity index (χ4n) is 2.86. The molecule has 2 N–H and O–H groups in total. The highest BCUT2D eigenvalue weighted by molar-refractivity contribution is 7.09. The van der Waals surface area contributed by atoms with Gasteiger partial charge < -0.3 is 10.2 Å². The van der Waals surface area contributed by atoms with Crippen molar-refractivity contribution in [3.05, 3.63) is 81.6 Å². The fraction of sp³-hybridized carbons (Fsp3) is 0.211. The first-order valence-corrected chi connectivity index (χ1v) is 8.60. The Morgan fingerprint density at radius 3 is 2.58 bits per heavy atom. The van der Waals surface area contributed by atoms with Crippen molar-refractivity contribution in [2.45, 2.75) is 25.4 Å². The van der Waals surface area contributed by atoms with Crippen molar-refractivity contribution < 1.29 is 14.6 Å². The molecule has 1 unspecified atom stereocenters. The summed E-state index contributed by atoms with van der Waals surface area (Å²) in [5, 5.41) is 23.8. The second-order valence-electron chi connectivity index (χ2n) is 5.66. The van der Waals surface area contributed by atoms with Gasteiger partial charge in [-0.15, -0.1) is 11.3 Å². The maximum atomic E-state index is 14.0. The zero-order valence-corrected chi connectivity index (χ0v) is 14.1. The summed E-state index contributed by atoms with van der Waals surface area (Å²) in [6, 6.07) is 12.0. The van der Waals surface area contributed by atoms with E-state index in [9.17, 15) is 14.6 Å². The van der Waals surface area contributed by atoms with E-state index in [0.29, 0.717) is 29.0 Å². The molecule has 0 aliphatic carbocycles. The van der Waals surface area contributed by atoms with E-state index in [1.54, 1.807) is 11.6 Å². The summed E-state index contributed by atoms with van der Waals surface area (Å²) in [5.41, 5.74) is 0.416. The first-order valence-electron chi connectivity index (χ1n) is 7.72. The molecule has 1 atom stereocenters. The molecule has 3 aromatic rings. The molecule has 0 fully saturated rings. The molecule has 0 radical (unpaired) electrons. The van der Waals surface area contributed by atoms with Gasteiger partial charge in [0.05, 0.1) is 0 Å². The molecule has 3 rings (SSSR count). The Morgan fingerprint density at radius 2 is 1.96 bits per heavy atom. The number of aliphatic hydroxyl groups is 1. The Bertz CT molecular complexity index is 821. The van der Waals surface area contributed by atoms with Crippen LogP contribution in [0.1, 0.15) is 35.0 Å². The summed E-state index contributed by atoms with van der Waals surface area (Å²) in [5.74, 6) is -0.736. The second kappa shape index (κ2) is 6.71. The van der Waals surface area contributed by atoms with Crippen LogP contribution in [0, 0.1) is 5.82 Å². The summed E-state index contributed by atoms with van der Waals surface area (Å²) in [7, 11) is 0. The molecule has 0 aliphatic heterocycles. The van der Waals surface area contributed by atoms with Gasteiger partial charge in [-0.2, -0.15) is 0 Å². The molecular formula is C19H18FNO2S. The Kier molecular flexibility index (Phi) is 4.64. The van der Waals surface area contributed by atoms with Crippen molar-refractivity contribution in [2.75, 3.05) is 0 Å². The lowest BCUT2D eigenvalue weighted by molar-refractivity contribution is 0.0747. The molecule has 0 saturated heterocycles. The molecule has 3 nitrogen and oxygen atoms in total. The lowest BCUT2D eigenvalue weighted by atomic mass is 9.85. The van der Waals surface area contributed by atoms with E-state index in [-0.39, 0.29) is 5.75 Å². The maximum absolute atomic E-state index is 14.0. The van der Waals surface area contributed by atoms with Crippen LogP contribution >= 0.6 is 11.3 Å². The molecule has 124 valence electrons. The average molecular weight is 343 g/mol. The molecule has 1 heterocycles. The van der Waals surface area contributed by atoms with Crippen molar-refractivity contribution in [1.29, 1.82) is 0 Å². The molecule has 0 saturated carbocycles. The van der Waals surface area contributed by atoms with Crippen LogP contribution in [0.4, 0.5) is 4.39 Å². The summed E-state index contributed by atoms with van der Waals surface area (Å²) in [4.78, 5) is 4.21. The van der Waals surface area contributed by atoms with Crippen molar-refractivity contribution >= 4 is 11.3 Å². The van der Waals surface area contributed by atoms with E-state index in [4.69, 9.17) is 0 Å². The number of hydrogen-bond donors (Lipinski definition) is 2. The summed E-state index contributed by atoms with van der Waals surface area (Å²) in [6.07, 6.45) is 2.33. The van der Waals surface area contributed by atoms with Gasteiger partial charge in [-0.3, -0.25) is 0 Å². The third-order valence-corrected chi connectivity index (χ3v) is 5.08. The number of phenols is 1. The van der Waals surface area contributed by atoms with Crippen molar-refractivity contribution in [3.63, 3.8) is 0 Å². The number of rotatable bonds is 5. The van der Waals surface area contributed by atoms with Crippen LogP contribution in [0.25, 0.3) is 0 Å². The van der Waals surface area contributed by atoms with E-state index in [1.807, 2.05) is 37.3 Å². The minimum absolute atomic E-state index is 0.155. The van der Waals surface area contributed by atoms with Gasteiger partial charge in [0.15, 0.2) is 0 Å². The SMILES string of the molecule is CCC(O)(c1nccs1)c1cc(F)cc(O)c1Cc1ccccc1. The Labute approximate surface area is 144 Å². The van der Waals surface area contributed by atoms with E-state index in [0.717, 1.165) is 11.6 Å². The second-order valence-corrected chi connectivity index (χ2v) is 6.56. The van der Waals surface area contributed by atoms with E-state index in [2.05, 4.69) is 4.98 Å². The summed E-state index contributed by atoms with van der Waals surface area (Å²) >= 11 is 1.31. The highest BCUT2D eigenvalue weighted by Crippen LogP contribution is 2.40. The van der Waals surface area contributed by atoms with Crippen LogP contribution < -0.4 is 0 Å². The molecule has 2 aromatic carbocycles. The predicted molar refractivity (Wildman–Crippen MR) is 92.7 cm³/mol. The van der Waals surface area contributed by atoms with Crippen molar-refractivity contribution in [1.82, 2.24) is 4.98 Å². The molecule has 0 bridgehead atoms. The van der Waals surface area contributed by atoms with Gasteiger partial charge in [0, 0.05) is 35.2 Å². The Balaban J connectivity index is 2.16. The van der Waals surface area contributed by atoms with E-state index in [1.165, 1.54) is 17.4 Å². The number of aromatic nitrogens is 1. The van der Waals surface area contributed by atoms with Crippen LogP contribution in [0.5, 0.6) is 5.75 Å². The lowest BCUT2D eigenvalue weighted by Gasteiger charge is -2.28. The van der Waals surface area contributed by atoms with E-state index >= 15 is 0 Å². The van der Waals surface area contributed by atoms with Crippen LogP contribution in [-0.2, 0) is 12.0 Å². The number of nitrogens with zero attached hydrogens (tertiary/aromatic N) is 1. The standard InChI is InChI=1S/C19H18FNO2S/c1-2-19(23,18-21-8-9-24-18)16-11-14(20)12-17(22)15(16)10-13-6-4-3-5-7-13/h3-9,11-12,22-23H,2,10H2,1H3. The van der Waals surface area contributed by atoms with Crippen LogP contribution in [-0.4, -0.2) is 15.2 Å². The minimum atomic E-state index is -1.43. The number of aromatic hydroxyl groups is 1. The van der Waals surface area contributed by atoms with Gasteiger partial charge in [-0.1, -0.05) is 37.3 Å². The Hall–Kier alpha value is -2.24. The van der Waals surface area contributed by atoms with Crippen molar-refractivity contribution in [2.24, 2.45) is 0 Å². The summed E-state index contributed by atoms with van der Waals surface area (Å²) in [6.45, 7) is 1.82. The number of hydrogen-bond acceptors (Lipinski definition) is 4. The number of halogens is 1. The minimum Gasteiger partial charge on any atom is -0.508 e. The van der Waals surface area contributed by atoms with Gasteiger partial charge in [0.1, 0.15) is 22.2 Å². The zero-order valence-electron chi connectivity index (χ0n) is 13.2. The van der Waals surface area contributed by atoms with E-state index < -0.39 is 11.4 Å². The fourth-order valence-corrected chi connectivity index (χ4v) is 3.68. The Morgan fingerprint density at radius 1 is 1.21 bits per heavy atom. The monoisotopic (exact) mass is 343 g/mol. The normalized spacial score (nSPS) is 13.6. The maximum Gasteiger partial charge on any atom is 0.141 e. The number of thiazole rings is 1. The zero-order chi connectivity index (χ0) is 17.2. The van der Waals surface area contributed by atoms with Gasteiger partial charge in [0.25, 0.3) is 0 Å². The quantitative estimate of drug-likeness (QED) is 0.729. The van der Waals surface area contributed by atoms with Crippen LogP contribution in [0.3, 0.4) is 0 Å². The number of phenolic OH excluding ortho intramolecular Hbond substituents is 1. The highest BCUT2D eigenvalue weighted by Gasteiger charge is 2.35.